The summed E-state index contributed by atoms with van der Waals surface area (Å²) >= 11 is 1.58. The molecule has 0 saturated carbocycles. The summed E-state index contributed by atoms with van der Waals surface area (Å²) in [7, 11) is 0. The molecule has 1 N–H and O–H groups in total. The molecule has 0 aliphatic carbocycles. The third-order valence-electron chi connectivity index (χ3n) is 3.16. The number of aromatic nitrogens is 2. The van der Waals surface area contributed by atoms with E-state index in [4.69, 9.17) is 0 Å². The fourth-order valence-electron chi connectivity index (χ4n) is 2.09. The highest BCUT2D eigenvalue weighted by Gasteiger charge is 2.06. The molecule has 0 spiro atoms. The standard InChI is InChI=1S/C17H15N3OS/c1-12-5-6-13(11-19-12)9-16(21)20-15-4-2-3-14(10-15)17-18-7-8-22-17/h2-8,10-11H,9H2,1H3,(H,20,21). The van der Waals surface area contributed by atoms with Crippen LogP contribution < -0.4 is 5.32 Å². The Bertz CT molecular complexity index is 767. The fourth-order valence-corrected chi connectivity index (χ4v) is 2.72. The summed E-state index contributed by atoms with van der Waals surface area (Å²) in [6, 6.07) is 11.5. The number of carbonyl (C=O) groups is 1. The number of nitrogens with one attached hydrogen (secondary N) is 1. The fraction of sp³-hybridized carbons (Fsp3) is 0.118. The second kappa shape index (κ2) is 6.49. The number of thiazole rings is 1. The van der Waals surface area contributed by atoms with Crippen LogP contribution in [-0.2, 0) is 11.2 Å². The zero-order valence-corrected chi connectivity index (χ0v) is 12.9. The largest absolute Gasteiger partial charge is 0.326 e. The van der Waals surface area contributed by atoms with Crippen molar-refractivity contribution < 1.29 is 4.79 Å². The minimum absolute atomic E-state index is 0.0538. The van der Waals surface area contributed by atoms with Gasteiger partial charge in [-0.2, -0.15) is 0 Å². The molecule has 0 aliphatic rings. The molecule has 4 nitrogen and oxygen atoms in total. The first-order valence-corrected chi connectivity index (χ1v) is 7.80. The van der Waals surface area contributed by atoms with Gasteiger partial charge in [-0.15, -0.1) is 11.3 Å². The lowest BCUT2D eigenvalue weighted by molar-refractivity contribution is -0.115. The lowest BCUT2D eigenvalue weighted by Gasteiger charge is -2.07. The second-order valence-corrected chi connectivity index (χ2v) is 5.85. The Balaban J connectivity index is 1.69. The molecule has 22 heavy (non-hydrogen) atoms. The van der Waals surface area contributed by atoms with Crippen molar-refractivity contribution in [3.63, 3.8) is 0 Å². The maximum atomic E-state index is 12.1. The van der Waals surface area contributed by atoms with E-state index in [-0.39, 0.29) is 5.91 Å². The Kier molecular flexibility index (Phi) is 4.25. The highest BCUT2D eigenvalue weighted by Crippen LogP contribution is 2.24. The first kappa shape index (κ1) is 14.4. The molecule has 0 radical (unpaired) electrons. The third kappa shape index (κ3) is 3.56. The quantitative estimate of drug-likeness (QED) is 0.799. The Morgan fingerprint density at radius 1 is 1.23 bits per heavy atom. The van der Waals surface area contributed by atoms with E-state index in [1.165, 1.54) is 0 Å². The van der Waals surface area contributed by atoms with Gasteiger partial charge in [0, 0.05) is 34.7 Å². The Hall–Kier alpha value is -2.53. The summed E-state index contributed by atoms with van der Waals surface area (Å²) < 4.78 is 0. The summed E-state index contributed by atoms with van der Waals surface area (Å²) in [4.78, 5) is 20.6. The first-order chi connectivity index (χ1) is 10.7. The zero-order chi connectivity index (χ0) is 15.4. The predicted molar refractivity (Wildman–Crippen MR) is 88.9 cm³/mol. The van der Waals surface area contributed by atoms with Crippen molar-refractivity contribution in [1.29, 1.82) is 0 Å². The van der Waals surface area contributed by atoms with Gasteiger partial charge < -0.3 is 5.32 Å². The van der Waals surface area contributed by atoms with Gasteiger partial charge in [-0.05, 0) is 30.7 Å². The van der Waals surface area contributed by atoms with E-state index in [0.29, 0.717) is 6.42 Å². The third-order valence-corrected chi connectivity index (χ3v) is 3.99. The first-order valence-electron chi connectivity index (χ1n) is 6.92. The minimum atomic E-state index is -0.0538. The van der Waals surface area contributed by atoms with E-state index in [2.05, 4.69) is 15.3 Å². The van der Waals surface area contributed by atoms with E-state index in [0.717, 1.165) is 27.5 Å². The van der Waals surface area contributed by atoms with Crippen LogP contribution in [0.25, 0.3) is 10.6 Å². The number of amides is 1. The van der Waals surface area contributed by atoms with E-state index in [1.807, 2.05) is 48.7 Å². The highest BCUT2D eigenvalue weighted by atomic mass is 32.1. The molecule has 2 heterocycles. The van der Waals surface area contributed by atoms with Gasteiger partial charge in [0.1, 0.15) is 5.01 Å². The lowest BCUT2D eigenvalue weighted by atomic mass is 10.1. The molecule has 0 fully saturated rings. The monoisotopic (exact) mass is 309 g/mol. The maximum Gasteiger partial charge on any atom is 0.228 e. The average molecular weight is 309 g/mol. The van der Waals surface area contributed by atoms with Gasteiger partial charge in [0.05, 0.1) is 6.42 Å². The summed E-state index contributed by atoms with van der Waals surface area (Å²) in [6.45, 7) is 1.92. The molecular formula is C17H15N3OS. The van der Waals surface area contributed by atoms with Gasteiger partial charge in [-0.1, -0.05) is 18.2 Å². The summed E-state index contributed by atoms with van der Waals surface area (Å²) in [5.41, 5.74) is 3.63. The number of pyridine rings is 1. The highest BCUT2D eigenvalue weighted by molar-refractivity contribution is 7.13. The molecule has 0 unspecified atom stereocenters. The van der Waals surface area contributed by atoms with E-state index in [1.54, 1.807) is 23.7 Å². The summed E-state index contributed by atoms with van der Waals surface area (Å²) in [6.07, 6.45) is 3.82. The van der Waals surface area contributed by atoms with Crippen molar-refractivity contribution in [3.8, 4) is 10.6 Å². The Morgan fingerprint density at radius 2 is 2.14 bits per heavy atom. The van der Waals surface area contributed by atoms with E-state index >= 15 is 0 Å². The molecular weight excluding hydrogens is 294 g/mol. The van der Waals surface area contributed by atoms with Gasteiger partial charge in [0.15, 0.2) is 0 Å². The van der Waals surface area contributed by atoms with Crippen molar-refractivity contribution in [2.75, 3.05) is 5.32 Å². The van der Waals surface area contributed by atoms with Crippen LogP contribution in [0.4, 0.5) is 5.69 Å². The van der Waals surface area contributed by atoms with Crippen LogP contribution in [0.2, 0.25) is 0 Å². The van der Waals surface area contributed by atoms with E-state index < -0.39 is 0 Å². The number of nitrogens with zero attached hydrogens (tertiary/aromatic N) is 2. The molecule has 3 aromatic rings. The van der Waals surface area contributed by atoms with Crippen LogP contribution in [-0.4, -0.2) is 15.9 Å². The van der Waals surface area contributed by atoms with Crippen LogP contribution >= 0.6 is 11.3 Å². The van der Waals surface area contributed by atoms with Crippen molar-refractivity contribution in [2.45, 2.75) is 13.3 Å². The molecule has 1 amide bonds. The van der Waals surface area contributed by atoms with Crippen molar-refractivity contribution in [3.05, 3.63) is 65.4 Å². The number of anilines is 1. The van der Waals surface area contributed by atoms with Crippen molar-refractivity contribution in [1.82, 2.24) is 9.97 Å². The molecule has 110 valence electrons. The number of aryl methyl sites for hydroxylation is 1. The van der Waals surface area contributed by atoms with Crippen LogP contribution in [0.5, 0.6) is 0 Å². The van der Waals surface area contributed by atoms with Crippen LogP contribution in [0.1, 0.15) is 11.3 Å². The number of carbonyl (C=O) groups excluding carboxylic acids is 1. The smallest absolute Gasteiger partial charge is 0.228 e. The van der Waals surface area contributed by atoms with Gasteiger partial charge in [0.25, 0.3) is 0 Å². The molecule has 0 atom stereocenters. The summed E-state index contributed by atoms with van der Waals surface area (Å²) in [5, 5.41) is 5.80. The van der Waals surface area contributed by atoms with Crippen molar-refractivity contribution >= 4 is 22.9 Å². The Labute approximate surface area is 132 Å². The number of hydrogen-bond acceptors (Lipinski definition) is 4. The number of hydrogen-bond donors (Lipinski definition) is 1. The predicted octanol–water partition coefficient (Wildman–Crippen LogP) is 3.69. The number of rotatable bonds is 4. The van der Waals surface area contributed by atoms with Crippen molar-refractivity contribution in [2.24, 2.45) is 0 Å². The maximum absolute atomic E-state index is 12.1. The molecule has 5 heteroatoms. The lowest BCUT2D eigenvalue weighted by Crippen LogP contribution is -2.14. The molecule has 0 saturated heterocycles. The van der Waals surface area contributed by atoms with E-state index in [9.17, 15) is 4.79 Å². The van der Waals surface area contributed by atoms with Gasteiger partial charge in [-0.25, -0.2) is 4.98 Å². The zero-order valence-electron chi connectivity index (χ0n) is 12.1. The number of benzene rings is 1. The Morgan fingerprint density at radius 3 is 2.86 bits per heavy atom. The SMILES string of the molecule is Cc1ccc(CC(=O)Nc2cccc(-c3nccs3)c2)cn1. The molecule has 2 aromatic heterocycles. The van der Waals surface area contributed by atoms with Gasteiger partial charge in [0.2, 0.25) is 5.91 Å². The average Bonchev–Trinajstić information content (AvgIpc) is 3.04. The summed E-state index contributed by atoms with van der Waals surface area (Å²) in [5.74, 6) is -0.0538. The molecule has 0 aliphatic heterocycles. The minimum Gasteiger partial charge on any atom is -0.326 e. The van der Waals surface area contributed by atoms with Crippen LogP contribution in [0.3, 0.4) is 0 Å². The molecule has 1 aromatic carbocycles. The molecule has 3 rings (SSSR count). The van der Waals surface area contributed by atoms with Crippen LogP contribution in [0.15, 0.2) is 54.2 Å². The van der Waals surface area contributed by atoms with Crippen LogP contribution in [0, 0.1) is 6.92 Å². The van der Waals surface area contributed by atoms with Gasteiger partial charge in [-0.3, -0.25) is 9.78 Å². The topological polar surface area (TPSA) is 54.9 Å². The second-order valence-electron chi connectivity index (χ2n) is 4.95. The van der Waals surface area contributed by atoms with Gasteiger partial charge >= 0.3 is 0 Å². The normalized spacial score (nSPS) is 10.4. The molecule has 0 bridgehead atoms.